The maximum atomic E-state index is 12.5. The van der Waals surface area contributed by atoms with Crippen LogP contribution in [0.4, 0.5) is 11.4 Å². The molecule has 1 fully saturated rings. The molecule has 1 aliphatic heterocycles. The van der Waals surface area contributed by atoms with Crippen LogP contribution in [0.3, 0.4) is 0 Å². The molecule has 0 unspecified atom stereocenters. The molecule has 4 rings (SSSR count). The summed E-state index contributed by atoms with van der Waals surface area (Å²) in [4.78, 5) is 36.1. The molecule has 1 saturated heterocycles. The first-order valence-corrected chi connectivity index (χ1v) is 10.6. The standard InChI is InChI=1S/C21H20ClN5O2S/c22-19-7-6-18(30-19)21(29)27-11-9-26(10-12-27)17-4-1-15(2-5-17)25-20(28)8-3-16-13-23-14-24-16/h1-8,13-14H,9-12H2,(H,23,24)(H,25,28)/b8-3+. The molecular formula is C21H20ClN5O2S. The molecule has 0 aliphatic carbocycles. The topological polar surface area (TPSA) is 81.3 Å². The number of nitrogens with one attached hydrogen (secondary N) is 2. The van der Waals surface area contributed by atoms with Crippen LogP contribution in [-0.4, -0.2) is 52.9 Å². The molecule has 0 spiro atoms. The van der Waals surface area contributed by atoms with Gasteiger partial charge in [-0.1, -0.05) is 11.6 Å². The minimum Gasteiger partial charge on any atom is -0.368 e. The highest BCUT2D eigenvalue weighted by Gasteiger charge is 2.23. The second-order valence-corrected chi connectivity index (χ2v) is 8.47. The quantitative estimate of drug-likeness (QED) is 0.591. The van der Waals surface area contributed by atoms with Gasteiger partial charge in [-0.2, -0.15) is 0 Å². The van der Waals surface area contributed by atoms with Crippen molar-refractivity contribution in [3.8, 4) is 0 Å². The van der Waals surface area contributed by atoms with Crippen molar-refractivity contribution in [2.75, 3.05) is 36.4 Å². The molecule has 2 amide bonds. The fourth-order valence-electron chi connectivity index (χ4n) is 3.22. The molecule has 0 bridgehead atoms. The van der Waals surface area contributed by atoms with Gasteiger partial charge in [0.15, 0.2) is 0 Å². The molecule has 0 atom stereocenters. The van der Waals surface area contributed by atoms with E-state index in [1.165, 1.54) is 17.4 Å². The average Bonchev–Trinajstić information content (AvgIpc) is 3.44. The Morgan fingerprint density at radius 3 is 2.50 bits per heavy atom. The van der Waals surface area contributed by atoms with E-state index in [1.54, 1.807) is 30.7 Å². The van der Waals surface area contributed by atoms with Crippen molar-refractivity contribution in [3.63, 3.8) is 0 Å². The van der Waals surface area contributed by atoms with E-state index in [0.717, 1.165) is 30.2 Å². The number of carbonyl (C=O) groups excluding carboxylic acids is 2. The summed E-state index contributed by atoms with van der Waals surface area (Å²) in [6.45, 7) is 2.82. The fourth-order valence-corrected chi connectivity index (χ4v) is 4.23. The predicted octanol–water partition coefficient (Wildman–Crippen LogP) is 3.74. The van der Waals surface area contributed by atoms with E-state index in [1.807, 2.05) is 29.2 Å². The highest BCUT2D eigenvalue weighted by atomic mass is 35.5. The van der Waals surface area contributed by atoms with Crippen LogP contribution in [0.15, 0.2) is 55.0 Å². The molecule has 0 saturated carbocycles. The molecule has 2 N–H and O–H groups in total. The van der Waals surface area contributed by atoms with E-state index < -0.39 is 0 Å². The number of benzene rings is 1. The number of anilines is 2. The smallest absolute Gasteiger partial charge is 0.264 e. The van der Waals surface area contributed by atoms with Crippen LogP contribution in [0.1, 0.15) is 15.4 Å². The normalized spacial score (nSPS) is 14.3. The second kappa shape index (κ2) is 9.15. The molecule has 9 heteroatoms. The number of nitrogens with zero attached hydrogens (tertiary/aromatic N) is 3. The van der Waals surface area contributed by atoms with E-state index in [9.17, 15) is 9.59 Å². The van der Waals surface area contributed by atoms with E-state index in [-0.39, 0.29) is 11.8 Å². The van der Waals surface area contributed by atoms with Gasteiger partial charge in [-0.3, -0.25) is 9.59 Å². The van der Waals surface area contributed by atoms with Crippen LogP contribution >= 0.6 is 22.9 Å². The largest absolute Gasteiger partial charge is 0.368 e. The number of halogens is 1. The Kier molecular flexibility index (Phi) is 6.15. The summed E-state index contributed by atoms with van der Waals surface area (Å²) in [6.07, 6.45) is 6.32. The van der Waals surface area contributed by atoms with Gasteiger partial charge in [-0.25, -0.2) is 4.98 Å². The van der Waals surface area contributed by atoms with Gasteiger partial charge >= 0.3 is 0 Å². The molecule has 154 valence electrons. The lowest BCUT2D eigenvalue weighted by Crippen LogP contribution is -2.48. The van der Waals surface area contributed by atoms with Gasteiger partial charge in [-0.05, 0) is 42.5 Å². The van der Waals surface area contributed by atoms with Crippen molar-refractivity contribution in [1.29, 1.82) is 0 Å². The lowest BCUT2D eigenvalue weighted by molar-refractivity contribution is -0.111. The second-order valence-electron chi connectivity index (χ2n) is 6.76. The summed E-state index contributed by atoms with van der Waals surface area (Å²) in [5.41, 5.74) is 2.55. The zero-order valence-corrected chi connectivity index (χ0v) is 17.6. The molecule has 0 radical (unpaired) electrons. The van der Waals surface area contributed by atoms with Gasteiger partial charge in [0.05, 0.1) is 27.4 Å². The summed E-state index contributed by atoms with van der Waals surface area (Å²) in [5.74, 6) is -0.175. The number of thiophene rings is 1. The van der Waals surface area contributed by atoms with Gasteiger partial charge in [-0.15, -0.1) is 11.3 Å². The molecule has 7 nitrogen and oxygen atoms in total. The molecule has 1 aromatic carbocycles. The monoisotopic (exact) mass is 441 g/mol. The molecule has 3 aromatic rings. The lowest BCUT2D eigenvalue weighted by atomic mass is 10.2. The minimum absolute atomic E-state index is 0.0350. The number of aromatic amines is 1. The summed E-state index contributed by atoms with van der Waals surface area (Å²) >= 11 is 7.25. The Morgan fingerprint density at radius 1 is 1.10 bits per heavy atom. The van der Waals surface area contributed by atoms with Crippen molar-refractivity contribution in [3.05, 3.63) is 69.9 Å². The highest BCUT2D eigenvalue weighted by Crippen LogP contribution is 2.24. The Hall–Kier alpha value is -3.10. The number of carbonyl (C=O) groups is 2. The van der Waals surface area contributed by atoms with Crippen molar-refractivity contribution < 1.29 is 9.59 Å². The van der Waals surface area contributed by atoms with Crippen molar-refractivity contribution in [2.24, 2.45) is 0 Å². The predicted molar refractivity (Wildman–Crippen MR) is 120 cm³/mol. The van der Waals surface area contributed by atoms with E-state index in [4.69, 9.17) is 11.6 Å². The summed E-state index contributed by atoms with van der Waals surface area (Å²) in [5, 5.41) is 2.84. The Labute approximate surface area is 183 Å². The van der Waals surface area contributed by atoms with E-state index >= 15 is 0 Å². The molecule has 1 aliphatic rings. The van der Waals surface area contributed by atoms with Crippen molar-refractivity contribution in [2.45, 2.75) is 0 Å². The Morgan fingerprint density at radius 2 is 1.87 bits per heavy atom. The van der Waals surface area contributed by atoms with E-state index in [0.29, 0.717) is 22.3 Å². The lowest BCUT2D eigenvalue weighted by Gasteiger charge is -2.36. The zero-order chi connectivity index (χ0) is 20.9. The number of hydrogen-bond donors (Lipinski definition) is 2. The Balaban J connectivity index is 1.29. The first kappa shape index (κ1) is 20.2. The average molecular weight is 442 g/mol. The van der Waals surface area contributed by atoms with Crippen LogP contribution in [0.5, 0.6) is 0 Å². The number of rotatable bonds is 5. The zero-order valence-electron chi connectivity index (χ0n) is 16.0. The number of piperazine rings is 1. The SMILES string of the molecule is O=C(/C=C/c1cnc[nH]1)Nc1ccc(N2CCN(C(=O)c3ccc(Cl)s3)CC2)cc1. The van der Waals surface area contributed by atoms with Crippen molar-refractivity contribution in [1.82, 2.24) is 14.9 Å². The molecular weight excluding hydrogens is 422 g/mol. The fraction of sp³-hybridized carbons (Fsp3) is 0.190. The maximum absolute atomic E-state index is 12.5. The highest BCUT2D eigenvalue weighted by molar-refractivity contribution is 7.17. The molecule has 30 heavy (non-hydrogen) atoms. The van der Waals surface area contributed by atoms with Gasteiger partial charge in [0.1, 0.15) is 0 Å². The maximum Gasteiger partial charge on any atom is 0.264 e. The summed E-state index contributed by atoms with van der Waals surface area (Å²) < 4.78 is 0.626. The third-order valence-corrected chi connectivity index (χ3v) is 6.00. The minimum atomic E-state index is -0.210. The number of imidazole rings is 1. The third kappa shape index (κ3) is 4.90. The van der Waals surface area contributed by atoms with Crippen LogP contribution in [-0.2, 0) is 4.79 Å². The Bertz CT molecular complexity index is 1040. The first-order valence-electron chi connectivity index (χ1n) is 9.45. The van der Waals surface area contributed by atoms with Crippen LogP contribution in [0.25, 0.3) is 6.08 Å². The van der Waals surface area contributed by atoms with Crippen LogP contribution in [0, 0.1) is 0 Å². The van der Waals surface area contributed by atoms with Crippen LogP contribution < -0.4 is 10.2 Å². The van der Waals surface area contributed by atoms with Crippen LogP contribution in [0.2, 0.25) is 4.34 Å². The van der Waals surface area contributed by atoms with Gasteiger partial charge in [0, 0.05) is 43.6 Å². The number of H-pyrrole nitrogens is 1. The van der Waals surface area contributed by atoms with Gasteiger partial charge < -0.3 is 20.1 Å². The molecule has 2 aromatic heterocycles. The number of aromatic nitrogens is 2. The summed E-state index contributed by atoms with van der Waals surface area (Å²) in [7, 11) is 0. The van der Waals surface area contributed by atoms with Crippen molar-refractivity contribution >= 4 is 52.2 Å². The molecule has 3 heterocycles. The third-order valence-electron chi connectivity index (χ3n) is 4.78. The number of amides is 2. The summed E-state index contributed by atoms with van der Waals surface area (Å²) in [6, 6.07) is 11.2. The van der Waals surface area contributed by atoms with E-state index in [2.05, 4.69) is 20.2 Å². The number of hydrogen-bond acceptors (Lipinski definition) is 5. The first-order chi connectivity index (χ1) is 14.6. The van der Waals surface area contributed by atoms with Gasteiger partial charge in [0.25, 0.3) is 5.91 Å². The van der Waals surface area contributed by atoms with Gasteiger partial charge in [0.2, 0.25) is 5.91 Å².